The molecule has 2 aromatic carbocycles. The third kappa shape index (κ3) is 6.96. The minimum Gasteiger partial charge on any atom is -0.444 e. The molecule has 16 heteroatoms. The Bertz CT molecular complexity index is 1510. The van der Waals surface area contributed by atoms with Crippen LogP contribution in [0.25, 0.3) is 11.1 Å². The molecule has 41 heavy (non-hydrogen) atoms. The zero-order valence-electron chi connectivity index (χ0n) is 22.4. The lowest BCUT2D eigenvalue weighted by Gasteiger charge is -2.30. The molecule has 1 amide bonds. The number of aromatic nitrogens is 3. The van der Waals surface area contributed by atoms with Crippen molar-refractivity contribution in [2.24, 2.45) is 0 Å². The number of nitrogens with two attached hydrogens (primary N) is 1. The molecular formula is C25H29ClF3N7O4S. The Kier molecular flexibility index (Phi) is 8.32. The molecule has 4 N–H and O–H groups in total. The number of likely N-dealkylation sites (tertiary alicyclic amines) is 1. The minimum absolute atomic E-state index is 0.180. The fraction of sp³-hybridized carbons (Fsp3) is 0.400. The molecule has 2 heterocycles. The number of hydrogen-bond acceptors (Lipinski definition) is 8. The number of nitrogens with one attached hydrogen (secondary N) is 2. The Morgan fingerprint density at radius 1 is 1.22 bits per heavy atom. The highest BCUT2D eigenvalue weighted by Crippen LogP contribution is 2.47. The van der Waals surface area contributed by atoms with Gasteiger partial charge in [-0.1, -0.05) is 36.4 Å². The first kappa shape index (κ1) is 30.2. The largest absolute Gasteiger partial charge is 0.444 e. The van der Waals surface area contributed by atoms with Gasteiger partial charge in [-0.2, -0.15) is 22.0 Å². The maximum Gasteiger partial charge on any atom is 0.419 e. The molecule has 0 saturated carbocycles. The van der Waals surface area contributed by atoms with Gasteiger partial charge < -0.3 is 20.7 Å². The molecule has 4 rings (SSSR count). The first-order valence-electron chi connectivity index (χ1n) is 12.5. The average Bonchev–Trinajstić information content (AvgIpc) is 3.50. The van der Waals surface area contributed by atoms with E-state index in [9.17, 15) is 26.4 Å². The van der Waals surface area contributed by atoms with Gasteiger partial charge in [0.05, 0.1) is 28.7 Å². The molecule has 0 unspecified atom stereocenters. The van der Waals surface area contributed by atoms with Crippen LogP contribution in [0.3, 0.4) is 0 Å². The Morgan fingerprint density at radius 3 is 2.49 bits per heavy atom. The van der Waals surface area contributed by atoms with Gasteiger partial charge in [0.2, 0.25) is 11.9 Å². The highest BCUT2D eigenvalue weighted by atomic mass is 35.5. The SMILES string of the molecule is CC(C)(C)OC(=O)N1CCC[C@H]1CS(=O)(=O)N(Cl)c1ccc(-c2ccccc2)c(C(F)(F)F)c1Nc1n[nH]c(N)n1. The average molecular weight is 616 g/mol. The van der Waals surface area contributed by atoms with Crippen molar-refractivity contribution < 1.29 is 31.1 Å². The number of H-pyrrole nitrogens is 1. The van der Waals surface area contributed by atoms with Gasteiger partial charge in [-0.25, -0.2) is 18.3 Å². The van der Waals surface area contributed by atoms with Crippen LogP contribution in [0.4, 0.5) is 41.2 Å². The summed E-state index contributed by atoms with van der Waals surface area (Å²) in [4.78, 5) is 17.8. The van der Waals surface area contributed by atoms with Crippen LogP contribution in [0.5, 0.6) is 0 Å². The van der Waals surface area contributed by atoms with Gasteiger partial charge in [0, 0.05) is 18.3 Å². The molecule has 1 saturated heterocycles. The molecule has 0 aliphatic carbocycles. The molecule has 3 aromatic rings. The van der Waals surface area contributed by atoms with Crippen molar-refractivity contribution in [1.82, 2.24) is 20.1 Å². The molecule has 222 valence electrons. The van der Waals surface area contributed by atoms with E-state index < -0.39 is 56.6 Å². The summed E-state index contributed by atoms with van der Waals surface area (Å²) in [7, 11) is -4.49. The van der Waals surface area contributed by atoms with E-state index in [4.69, 9.17) is 22.2 Å². The van der Waals surface area contributed by atoms with Gasteiger partial charge in [-0.15, -0.1) is 5.10 Å². The zero-order valence-corrected chi connectivity index (χ0v) is 23.9. The normalized spacial score (nSPS) is 16.1. The second-order valence-electron chi connectivity index (χ2n) is 10.4. The quantitative estimate of drug-likeness (QED) is 0.295. The number of sulfonamides is 1. The lowest BCUT2D eigenvalue weighted by atomic mass is 9.96. The summed E-state index contributed by atoms with van der Waals surface area (Å²) in [5, 5.41) is 8.49. The van der Waals surface area contributed by atoms with Crippen LogP contribution in [-0.4, -0.2) is 58.5 Å². The summed E-state index contributed by atoms with van der Waals surface area (Å²) in [6, 6.07) is 9.26. The van der Waals surface area contributed by atoms with Gasteiger partial charge in [0.15, 0.2) is 0 Å². The minimum atomic E-state index is -4.97. The van der Waals surface area contributed by atoms with Crippen molar-refractivity contribution >= 4 is 51.2 Å². The van der Waals surface area contributed by atoms with Crippen LogP contribution >= 0.6 is 11.8 Å². The van der Waals surface area contributed by atoms with E-state index in [0.717, 1.165) is 12.1 Å². The summed E-state index contributed by atoms with van der Waals surface area (Å²) >= 11 is 6.34. The van der Waals surface area contributed by atoms with E-state index >= 15 is 0 Å². The van der Waals surface area contributed by atoms with E-state index in [-0.39, 0.29) is 33.4 Å². The summed E-state index contributed by atoms with van der Waals surface area (Å²) in [5.74, 6) is -1.17. The number of nitrogen functional groups attached to an aromatic ring is 1. The third-order valence-corrected chi connectivity index (χ3v) is 8.44. The predicted molar refractivity (Wildman–Crippen MR) is 149 cm³/mol. The van der Waals surface area contributed by atoms with Crippen LogP contribution in [0.2, 0.25) is 0 Å². The number of amides is 1. The smallest absolute Gasteiger partial charge is 0.419 e. The van der Waals surface area contributed by atoms with Crippen molar-refractivity contribution in [3.05, 3.63) is 48.0 Å². The number of ether oxygens (including phenoxy) is 1. The first-order chi connectivity index (χ1) is 19.1. The summed E-state index contributed by atoms with van der Waals surface area (Å²) in [6.07, 6.45) is -4.80. The van der Waals surface area contributed by atoms with Crippen molar-refractivity contribution in [3.8, 4) is 11.1 Å². The van der Waals surface area contributed by atoms with Gasteiger partial charge >= 0.3 is 12.3 Å². The number of anilines is 4. The number of alkyl halides is 3. The number of nitrogens with zero attached hydrogens (tertiary/aromatic N) is 4. The van der Waals surface area contributed by atoms with Crippen molar-refractivity contribution in [1.29, 1.82) is 0 Å². The van der Waals surface area contributed by atoms with Crippen LogP contribution in [-0.2, 0) is 20.9 Å². The topological polar surface area (TPSA) is 147 Å². The van der Waals surface area contributed by atoms with Crippen LogP contribution in [0.15, 0.2) is 42.5 Å². The van der Waals surface area contributed by atoms with Gasteiger partial charge in [0.25, 0.3) is 10.0 Å². The number of rotatable bonds is 7. The molecule has 1 aliphatic heterocycles. The number of aromatic amines is 1. The van der Waals surface area contributed by atoms with Crippen molar-refractivity contribution in [2.75, 3.05) is 27.2 Å². The second-order valence-corrected chi connectivity index (χ2v) is 12.8. The molecular weight excluding hydrogens is 587 g/mol. The second kappa shape index (κ2) is 11.3. The van der Waals surface area contributed by atoms with Gasteiger partial charge in [0.1, 0.15) is 5.60 Å². The summed E-state index contributed by atoms with van der Waals surface area (Å²) in [6.45, 7) is 5.31. The highest BCUT2D eigenvalue weighted by Gasteiger charge is 2.41. The molecule has 1 fully saturated rings. The first-order valence-corrected chi connectivity index (χ1v) is 14.4. The Balaban J connectivity index is 1.77. The standard InChI is InChI=1S/C25H29ClF3N7O4S/c1-24(2,3)40-23(37)35-13-7-10-16(35)14-41(38,39)36(26)18-12-11-17(15-8-5-4-6-9-15)19(25(27,28)29)20(18)31-22-32-21(30)33-34-22/h4-6,8-9,11-12,16H,7,10,13-14H2,1-3H3,(H4,30,31,32,33,34)/t16-/m0/s1. The Labute approximate surface area is 240 Å². The number of carbonyl (C=O) groups is 1. The molecule has 1 aliphatic rings. The number of benzene rings is 2. The summed E-state index contributed by atoms with van der Waals surface area (Å²) in [5.41, 5.74) is 2.32. The van der Waals surface area contributed by atoms with E-state index in [2.05, 4.69) is 20.5 Å². The molecule has 1 aromatic heterocycles. The fourth-order valence-electron chi connectivity index (χ4n) is 4.49. The number of hydrogen-bond donors (Lipinski definition) is 3. The lowest BCUT2D eigenvalue weighted by molar-refractivity contribution is -0.136. The Morgan fingerprint density at radius 2 is 1.90 bits per heavy atom. The van der Waals surface area contributed by atoms with E-state index in [1.54, 1.807) is 39.0 Å². The third-order valence-electron chi connectivity index (χ3n) is 6.13. The number of carbonyl (C=O) groups excluding carboxylic acids is 1. The predicted octanol–water partition coefficient (Wildman–Crippen LogP) is 5.51. The van der Waals surface area contributed by atoms with E-state index in [1.165, 1.54) is 17.0 Å². The van der Waals surface area contributed by atoms with Gasteiger partial charge in [-0.05, 0) is 50.8 Å². The highest BCUT2D eigenvalue weighted by molar-refractivity contribution is 7.94. The zero-order chi connectivity index (χ0) is 30.2. The van der Waals surface area contributed by atoms with Crippen molar-refractivity contribution in [2.45, 2.75) is 51.4 Å². The van der Waals surface area contributed by atoms with Crippen LogP contribution in [0, 0.1) is 0 Å². The maximum absolute atomic E-state index is 14.7. The maximum atomic E-state index is 14.7. The summed E-state index contributed by atoms with van der Waals surface area (Å²) < 4.78 is 76.7. The molecule has 11 nitrogen and oxygen atoms in total. The lowest BCUT2D eigenvalue weighted by Crippen LogP contribution is -2.44. The van der Waals surface area contributed by atoms with Crippen LogP contribution in [0.1, 0.15) is 39.2 Å². The molecule has 0 bridgehead atoms. The Hall–Kier alpha value is -3.72. The van der Waals surface area contributed by atoms with Gasteiger partial charge in [-0.3, -0.25) is 0 Å². The van der Waals surface area contributed by atoms with E-state index in [0.29, 0.717) is 12.8 Å². The molecule has 1 atom stereocenters. The fourth-order valence-corrected chi connectivity index (χ4v) is 6.21. The van der Waals surface area contributed by atoms with Crippen molar-refractivity contribution in [3.63, 3.8) is 0 Å². The van der Waals surface area contributed by atoms with Crippen LogP contribution < -0.4 is 14.9 Å². The number of halogens is 4. The molecule has 0 spiro atoms. The van der Waals surface area contributed by atoms with E-state index in [1.807, 2.05) is 0 Å². The molecule has 0 radical (unpaired) electrons. The monoisotopic (exact) mass is 615 g/mol.